The summed E-state index contributed by atoms with van der Waals surface area (Å²) in [7, 11) is 3.49. The maximum absolute atomic E-state index is 11.7. The molecular weight excluding hydrogens is 268 g/mol. The first kappa shape index (κ1) is 17.3. The van der Waals surface area contributed by atoms with Crippen molar-refractivity contribution in [2.75, 3.05) is 27.3 Å². The Morgan fingerprint density at radius 2 is 2.00 bits per heavy atom. The van der Waals surface area contributed by atoms with Crippen LogP contribution in [0.15, 0.2) is 18.2 Å². The zero-order valence-corrected chi connectivity index (χ0v) is 13.5. The van der Waals surface area contributed by atoms with Crippen molar-refractivity contribution in [1.29, 1.82) is 0 Å². The van der Waals surface area contributed by atoms with Gasteiger partial charge in [-0.15, -0.1) is 0 Å². The van der Waals surface area contributed by atoms with Crippen molar-refractivity contribution in [3.8, 4) is 11.5 Å². The molecule has 1 atom stereocenters. The standard InChI is InChI=1S/C16H26N2O3/c1-11(2)9-18-16(19)10-21-15-8-13(20-5)6-7-14(15)12(3)17-4/h6-8,11-12,17H,9-10H2,1-5H3,(H,18,19). The normalized spacial score (nSPS) is 12.1. The van der Waals surface area contributed by atoms with Crippen LogP contribution in [0.5, 0.6) is 11.5 Å². The molecule has 0 heterocycles. The molecule has 0 bridgehead atoms. The largest absolute Gasteiger partial charge is 0.497 e. The molecule has 118 valence electrons. The molecule has 1 unspecified atom stereocenters. The van der Waals surface area contributed by atoms with Crippen LogP contribution in [0, 0.1) is 5.92 Å². The molecule has 5 nitrogen and oxygen atoms in total. The third-order valence-electron chi connectivity index (χ3n) is 3.19. The van der Waals surface area contributed by atoms with Gasteiger partial charge in [0.15, 0.2) is 6.61 Å². The van der Waals surface area contributed by atoms with E-state index in [1.165, 1.54) is 0 Å². The van der Waals surface area contributed by atoms with Crippen molar-refractivity contribution in [2.24, 2.45) is 5.92 Å². The molecule has 0 saturated heterocycles. The average molecular weight is 294 g/mol. The molecule has 1 aromatic rings. The van der Waals surface area contributed by atoms with Crippen molar-refractivity contribution >= 4 is 5.91 Å². The first-order valence-electron chi connectivity index (χ1n) is 7.22. The van der Waals surface area contributed by atoms with E-state index in [-0.39, 0.29) is 18.6 Å². The number of rotatable bonds is 8. The molecule has 0 aliphatic carbocycles. The highest BCUT2D eigenvalue weighted by Crippen LogP contribution is 2.29. The van der Waals surface area contributed by atoms with Crippen molar-refractivity contribution in [3.63, 3.8) is 0 Å². The van der Waals surface area contributed by atoms with Crippen molar-refractivity contribution in [3.05, 3.63) is 23.8 Å². The topological polar surface area (TPSA) is 59.6 Å². The molecule has 1 amide bonds. The van der Waals surface area contributed by atoms with Gasteiger partial charge in [-0.1, -0.05) is 19.9 Å². The fraction of sp³-hybridized carbons (Fsp3) is 0.562. The molecule has 0 fully saturated rings. The Hall–Kier alpha value is -1.75. The van der Waals surface area contributed by atoms with Crippen LogP contribution in [-0.4, -0.2) is 33.2 Å². The minimum Gasteiger partial charge on any atom is -0.497 e. The van der Waals surface area contributed by atoms with Gasteiger partial charge >= 0.3 is 0 Å². The van der Waals surface area contributed by atoms with Crippen LogP contribution < -0.4 is 20.1 Å². The Morgan fingerprint density at radius 1 is 1.29 bits per heavy atom. The fourth-order valence-corrected chi connectivity index (χ4v) is 1.79. The molecule has 0 aromatic heterocycles. The second-order valence-corrected chi connectivity index (χ2v) is 5.40. The molecule has 0 saturated carbocycles. The van der Waals surface area contributed by atoms with Crippen LogP contribution >= 0.6 is 0 Å². The summed E-state index contributed by atoms with van der Waals surface area (Å²) in [4.78, 5) is 11.7. The third-order valence-corrected chi connectivity index (χ3v) is 3.19. The van der Waals surface area contributed by atoms with E-state index in [2.05, 4.69) is 24.5 Å². The van der Waals surface area contributed by atoms with E-state index in [1.807, 2.05) is 26.1 Å². The summed E-state index contributed by atoms with van der Waals surface area (Å²) in [6, 6.07) is 5.76. The first-order valence-corrected chi connectivity index (χ1v) is 7.22. The smallest absolute Gasteiger partial charge is 0.257 e. The second kappa shape index (κ2) is 8.52. The second-order valence-electron chi connectivity index (χ2n) is 5.40. The van der Waals surface area contributed by atoms with Gasteiger partial charge in [0.1, 0.15) is 11.5 Å². The van der Waals surface area contributed by atoms with Crippen LogP contribution in [0.1, 0.15) is 32.4 Å². The SMILES string of the molecule is CNC(C)c1ccc(OC)cc1OCC(=O)NCC(C)C. The van der Waals surface area contributed by atoms with Crippen LogP contribution in [0.3, 0.4) is 0 Å². The van der Waals surface area contributed by atoms with Gasteiger partial charge in [0, 0.05) is 24.2 Å². The molecule has 0 radical (unpaired) electrons. The Kier molecular flexibility index (Phi) is 7.02. The Labute approximate surface area is 127 Å². The number of hydrogen-bond donors (Lipinski definition) is 2. The summed E-state index contributed by atoms with van der Waals surface area (Å²) in [6.45, 7) is 6.79. The van der Waals surface area contributed by atoms with Gasteiger partial charge in [-0.3, -0.25) is 4.79 Å². The van der Waals surface area contributed by atoms with E-state index in [0.717, 1.165) is 5.56 Å². The molecule has 2 N–H and O–H groups in total. The highest BCUT2D eigenvalue weighted by molar-refractivity contribution is 5.77. The molecule has 0 spiro atoms. The van der Waals surface area contributed by atoms with Crippen LogP contribution in [-0.2, 0) is 4.79 Å². The summed E-state index contributed by atoms with van der Waals surface area (Å²) in [6.07, 6.45) is 0. The van der Waals surface area contributed by atoms with Gasteiger partial charge in [0.25, 0.3) is 5.91 Å². The Balaban J connectivity index is 2.73. The van der Waals surface area contributed by atoms with E-state index in [4.69, 9.17) is 9.47 Å². The lowest BCUT2D eigenvalue weighted by atomic mass is 10.1. The number of nitrogens with one attached hydrogen (secondary N) is 2. The predicted molar refractivity (Wildman–Crippen MR) is 83.8 cm³/mol. The number of methoxy groups -OCH3 is 1. The molecule has 21 heavy (non-hydrogen) atoms. The number of amides is 1. The summed E-state index contributed by atoms with van der Waals surface area (Å²) in [5, 5.41) is 6.00. The van der Waals surface area contributed by atoms with Crippen molar-refractivity contribution < 1.29 is 14.3 Å². The number of hydrogen-bond acceptors (Lipinski definition) is 4. The van der Waals surface area contributed by atoms with Gasteiger partial charge < -0.3 is 20.1 Å². The zero-order chi connectivity index (χ0) is 15.8. The molecule has 1 aromatic carbocycles. The maximum Gasteiger partial charge on any atom is 0.257 e. The van der Waals surface area contributed by atoms with Gasteiger partial charge in [0.05, 0.1) is 7.11 Å². The number of carbonyl (C=O) groups is 1. The lowest BCUT2D eigenvalue weighted by molar-refractivity contribution is -0.123. The molecule has 0 aliphatic heterocycles. The summed E-state index contributed by atoms with van der Waals surface area (Å²) >= 11 is 0. The monoisotopic (exact) mass is 294 g/mol. The highest BCUT2D eigenvalue weighted by atomic mass is 16.5. The van der Waals surface area contributed by atoms with Crippen LogP contribution in [0.4, 0.5) is 0 Å². The van der Waals surface area contributed by atoms with E-state index >= 15 is 0 Å². The molecule has 1 rings (SSSR count). The van der Waals surface area contributed by atoms with Gasteiger partial charge in [0.2, 0.25) is 0 Å². The summed E-state index contributed by atoms with van der Waals surface area (Å²) in [5.41, 5.74) is 0.995. The molecule has 0 aliphatic rings. The van der Waals surface area contributed by atoms with Crippen LogP contribution in [0.2, 0.25) is 0 Å². The predicted octanol–water partition coefficient (Wildman–Crippen LogP) is 2.13. The average Bonchev–Trinajstić information content (AvgIpc) is 2.49. The van der Waals surface area contributed by atoms with E-state index < -0.39 is 0 Å². The molecule has 5 heteroatoms. The zero-order valence-electron chi connectivity index (χ0n) is 13.5. The summed E-state index contributed by atoms with van der Waals surface area (Å²) in [5.74, 6) is 1.68. The molecular formula is C16H26N2O3. The Bertz CT molecular complexity index is 461. The highest BCUT2D eigenvalue weighted by Gasteiger charge is 2.13. The third kappa shape index (κ3) is 5.63. The van der Waals surface area contributed by atoms with E-state index in [9.17, 15) is 4.79 Å². The lowest BCUT2D eigenvalue weighted by Gasteiger charge is -2.17. The van der Waals surface area contributed by atoms with E-state index in [1.54, 1.807) is 13.2 Å². The number of ether oxygens (including phenoxy) is 2. The minimum atomic E-state index is -0.116. The summed E-state index contributed by atoms with van der Waals surface area (Å²) < 4.78 is 10.9. The Morgan fingerprint density at radius 3 is 2.57 bits per heavy atom. The number of benzene rings is 1. The van der Waals surface area contributed by atoms with E-state index in [0.29, 0.717) is 24.0 Å². The maximum atomic E-state index is 11.7. The van der Waals surface area contributed by atoms with Gasteiger partial charge in [-0.05, 0) is 26.0 Å². The van der Waals surface area contributed by atoms with Crippen LogP contribution in [0.25, 0.3) is 0 Å². The fourth-order valence-electron chi connectivity index (χ4n) is 1.79. The van der Waals surface area contributed by atoms with Crippen molar-refractivity contribution in [1.82, 2.24) is 10.6 Å². The van der Waals surface area contributed by atoms with Crippen molar-refractivity contribution in [2.45, 2.75) is 26.8 Å². The van der Waals surface area contributed by atoms with Gasteiger partial charge in [-0.25, -0.2) is 0 Å². The lowest BCUT2D eigenvalue weighted by Crippen LogP contribution is -2.32. The number of carbonyl (C=O) groups excluding carboxylic acids is 1. The first-order chi connectivity index (χ1) is 9.97. The minimum absolute atomic E-state index is 0.00330. The van der Waals surface area contributed by atoms with Gasteiger partial charge in [-0.2, -0.15) is 0 Å². The quantitative estimate of drug-likeness (QED) is 0.771.